The third kappa shape index (κ3) is 3.72. The van der Waals surface area contributed by atoms with Crippen LogP contribution in [-0.4, -0.2) is 35.9 Å². The van der Waals surface area contributed by atoms with Gasteiger partial charge in [0.2, 0.25) is 0 Å². The van der Waals surface area contributed by atoms with Crippen molar-refractivity contribution >= 4 is 17.5 Å². The molecule has 2 amide bonds. The lowest BCUT2D eigenvalue weighted by molar-refractivity contribution is 0.250. The number of nitrogens with zero attached hydrogens (tertiary/aromatic N) is 3. The highest BCUT2D eigenvalue weighted by Crippen LogP contribution is 2.22. The van der Waals surface area contributed by atoms with Crippen LogP contribution in [0.15, 0.2) is 48.7 Å². The van der Waals surface area contributed by atoms with Crippen LogP contribution in [0.25, 0.3) is 0 Å². The Morgan fingerprint density at radius 2 is 2.09 bits per heavy atom. The third-order valence-corrected chi connectivity index (χ3v) is 3.77. The number of carbonyl (C=O) groups excluding carboxylic acids is 1. The van der Waals surface area contributed by atoms with Crippen LogP contribution < -0.4 is 15.5 Å². The van der Waals surface area contributed by atoms with E-state index < -0.39 is 0 Å². The topological polar surface area (TPSA) is 70.2 Å². The molecule has 1 unspecified atom stereocenters. The molecule has 0 bridgehead atoms. The molecule has 22 heavy (non-hydrogen) atoms. The monoisotopic (exact) mass is 297 g/mol. The van der Waals surface area contributed by atoms with Gasteiger partial charge in [0.15, 0.2) is 5.82 Å². The summed E-state index contributed by atoms with van der Waals surface area (Å²) >= 11 is 0. The third-order valence-electron chi connectivity index (χ3n) is 3.77. The molecule has 114 valence electrons. The Labute approximate surface area is 129 Å². The van der Waals surface area contributed by atoms with Gasteiger partial charge in [-0.3, -0.25) is 5.32 Å². The van der Waals surface area contributed by atoms with Crippen LogP contribution in [0, 0.1) is 5.92 Å². The van der Waals surface area contributed by atoms with Crippen molar-refractivity contribution in [3.05, 3.63) is 48.7 Å². The number of rotatable bonds is 4. The van der Waals surface area contributed by atoms with Gasteiger partial charge in [-0.2, -0.15) is 5.10 Å². The van der Waals surface area contributed by atoms with Crippen LogP contribution in [-0.2, 0) is 0 Å². The summed E-state index contributed by atoms with van der Waals surface area (Å²) in [7, 11) is 0. The molecule has 1 aliphatic heterocycles. The zero-order valence-corrected chi connectivity index (χ0v) is 12.3. The number of amides is 2. The lowest BCUT2D eigenvalue weighted by Gasteiger charge is -2.18. The molecular formula is C16H19N5O. The van der Waals surface area contributed by atoms with Crippen LogP contribution in [0.1, 0.15) is 6.42 Å². The van der Waals surface area contributed by atoms with Crippen LogP contribution in [0.3, 0.4) is 0 Å². The fraction of sp³-hybridized carbons (Fsp3) is 0.312. The second kappa shape index (κ2) is 6.89. The number of urea groups is 1. The molecule has 1 aromatic heterocycles. The summed E-state index contributed by atoms with van der Waals surface area (Å²) in [5.41, 5.74) is 1.24. The quantitative estimate of drug-likeness (QED) is 0.907. The van der Waals surface area contributed by atoms with Crippen LogP contribution in [0.5, 0.6) is 0 Å². The fourth-order valence-corrected chi connectivity index (χ4v) is 2.64. The minimum Gasteiger partial charge on any atom is -0.371 e. The average Bonchev–Trinajstić information content (AvgIpc) is 3.04. The van der Waals surface area contributed by atoms with Crippen molar-refractivity contribution in [1.29, 1.82) is 0 Å². The summed E-state index contributed by atoms with van der Waals surface area (Å²) in [4.78, 5) is 14.2. The predicted molar refractivity (Wildman–Crippen MR) is 85.8 cm³/mol. The van der Waals surface area contributed by atoms with Gasteiger partial charge in [0, 0.05) is 31.5 Å². The average molecular weight is 297 g/mol. The normalized spacial score (nSPS) is 17.3. The number of para-hydroxylation sites is 1. The van der Waals surface area contributed by atoms with Crippen LogP contribution in [0.4, 0.5) is 16.3 Å². The summed E-state index contributed by atoms with van der Waals surface area (Å²) in [6, 6.07) is 13.6. The molecule has 1 aromatic carbocycles. The van der Waals surface area contributed by atoms with Crippen molar-refractivity contribution < 1.29 is 4.79 Å². The van der Waals surface area contributed by atoms with Crippen molar-refractivity contribution in [2.75, 3.05) is 29.9 Å². The van der Waals surface area contributed by atoms with E-state index in [9.17, 15) is 4.79 Å². The molecule has 3 rings (SSSR count). The first-order valence-electron chi connectivity index (χ1n) is 7.44. The summed E-state index contributed by atoms with van der Waals surface area (Å²) in [6.45, 7) is 2.66. The molecule has 1 fully saturated rings. The number of nitrogens with one attached hydrogen (secondary N) is 2. The predicted octanol–water partition coefficient (Wildman–Crippen LogP) is 2.12. The fourth-order valence-electron chi connectivity index (χ4n) is 2.64. The Morgan fingerprint density at radius 3 is 2.86 bits per heavy atom. The van der Waals surface area contributed by atoms with Gasteiger partial charge in [-0.25, -0.2) is 4.79 Å². The summed E-state index contributed by atoms with van der Waals surface area (Å²) < 4.78 is 0. The molecule has 0 radical (unpaired) electrons. The molecule has 2 aromatic rings. The Bertz CT molecular complexity index is 604. The first kappa shape index (κ1) is 14.3. The molecule has 0 aliphatic carbocycles. The Morgan fingerprint density at radius 1 is 1.23 bits per heavy atom. The maximum atomic E-state index is 11.8. The second-order valence-electron chi connectivity index (χ2n) is 5.38. The molecule has 0 spiro atoms. The summed E-state index contributed by atoms with van der Waals surface area (Å²) in [5.74, 6) is 0.921. The Kier molecular flexibility index (Phi) is 4.48. The number of anilines is 2. The first-order chi connectivity index (χ1) is 10.8. The van der Waals surface area contributed by atoms with Crippen molar-refractivity contribution in [2.45, 2.75) is 6.42 Å². The maximum Gasteiger partial charge on any atom is 0.320 e. The number of hydrogen-bond acceptors (Lipinski definition) is 4. The van der Waals surface area contributed by atoms with Gasteiger partial charge in [0.25, 0.3) is 0 Å². The lowest BCUT2D eigenvalue weighted by atomic mass is 10.1. The van der Waals surface area contributed by atoms with Gasteiger partial charge in [0.05, 0.1) is 0 Å². The van der Waals surface area contributed by atoms with Gasteiger partial charge >= 0.3 is 6.03 Å². The Hall–Kier alpha value is -2.63. The molecule has 2 heterocycles. The number of benzene rings is 1. The van der Waals surface area contributed by atoms with E-state index in [1.807, 2.05) is 6.07 Å². The summed E-state index contributed by atoms with van der Waals surface area (Å²) in [6.07, 6.45) is 2.65. The van der Waals surface area contributed by atoms with Gasteiger partial charge in [-0.1, -0.05) is 18.2 Å². The van der Waals surface area contributed by atoms with Crippen LogP contribution >= 0.6 is 0 Å². The molecule has 6 heteroatoms. The minimum atomic E-state index is -0.237. The van der Waals surface area contributed by atoms with E-state index in [0.29, 0.717) is 18.3 Å². The Balaban J connectivity index is 1.44. The van der Waals surface area contributed by atoms with E-state index in [4.69, 9.17) is 0 Å². The van der Waals surface area contributed by atoms with Gasteiger partial charge < -0.3 is 10.2 Å². The van der Waals surface area contributed by atoms with E-state index >= 15 is 0 Å². The zero-order valence-electron chi connectivity index (χ0n) is 12.3. The van der Waals surface area contributed by atoms with E-state index in [2.05, 4.69) is 50.0 Å². The van der Waals surface area contributed by atoms with E-state index in [1.54, 1.807) is 18.3 Å². The highest BCUT2D eigenvalue weighted by molar-refractivity contribution is 5.88. The molecule has 1 aliphatic rings. The SMILES string of the molecule is O=C(NCC1CCN(c2ccccc2)C1)Nc1cccnn1. The molecule has 0 saturated carbocycles. The maximum absolute atomic E-state index is 11.8. The van der Waals surface area contributed by atoms with Gasteiger partial charge in [-0.05, 0) is 36.6 Å². The lowest BCUT2D eigenvalue weighted by Crippen LogP contribution is -2.34. The van der Waals surface area contributed by atoms with Crippen molar-refractivity contribution in [3.63, 3.8) is 0 Å². The van der Waals surface area contributed by atoms with Crippen molar-refractivity contribution in [2.24, 2.45) is 5.92 Å². The van der Waals surface area contributed by atoms with E-state index in [-0.39, 0.29) is 6.03 Å². The molecule has 6 nitrogen and oxygen atoms in total. The smallest absolute Gasteiger partial charge is 0.320 e. The number of hydrogen-bond donors (Lipinski definition) is 2. The van der Waals surface area contributed by atoms with Crippen molar-refractivity contribution in [1.82, 2.24) is 15.5 Å². The van der Waals surface area contributed by atoms with Crippen LogP contribution in [0.2, 0.25) is 0 Å². The number of aromatic nitrogens is 2. The highest BCUT2D eigenvalue weighted by atomic mass is 16.2. The zero-order chi connectivity index (χ0) is 15.2. The van der Waals surface area contributed by atoms with E-state index in [0.717, 1.165) is 19.5 Å². The second-order valence-corrected chi connectivity index (χ2v) is 5.38. The number of carbonyl (C=O) groups is 1. The largest absolute Gasteiger partial charge is 0.371 e. The highest BCUT2D eigenvalue weighted by Gasteiger charge is 2.22. The standard InChI is InChI=1S/C16H19N5O/c22-16(19-15-7-4-9-18-20-15)17-11-13-8-10-21(12-13)14-5-2-1-3-6-14/h1-7,9,13H,8,10-12H2,(H2,17,19,20,22). The summed E-state index contributed by atoms with van der Waals surface area (Å²) in [5, 5.41) is 13.1. The van der Waals surface area contributed by atoms with Crippen molar-refractivity contribution in [3.8, 4) is 0 Å². The molecule has 1 atom stereocenters. The van der Waals surface area contributed by atoms with Gasteiger partial charge in [-0.15, -0.1) is 5.10 Å². The first-order valence-corrected chi connectivity index (χ1v) is 7.44. The molecule has 1 saturated heterocycles. The van der Waals surface area contributed by atoms with E-state index in [1.165, 1.54) is 5.69 Å². The minimum absolute atomic E-state index is 0.237. The molecule has 2 N–H and O–H groups in total. The van der Waals surface area contributed by atoms with Gasteiger partial charge in [0.1, 0.15) is 0 Å². The molecular weight excluding hydrogens is 278 g/mol.